The van der Waals surface area contributed by atoms with Crippen LogP contribution in [0.1, 0.15) is 60.3 Å². The minimum atomic E-state index is -0.318. The third-order valence-corrected chi connectivity index (χ3v) is 3.41. The van der Waals surface area contributed by atoms with Crippen molar-refractivity contribution in [2.45, 2.75) is 60.3 Å². The number of allylic oxidation sites excluding steroid dienone is 9. The van der Waals surface area contributed by atoms with Crippen LogP contribution in [0.15, 0.2) is 58.7 Å². The van der Waals surface area contributed by atoms with E-state index in [0.29, 0.717) is 0 Å². The Morgan fingerprint density at radius 1 is 0.913 bits per heavy atom. The third-order valence-electron chi connectivity index (χ3n) is 3.41. The molecule has 2 heteroatoms. The van der Waals surface area contributed by atoms with Crippen LogP contribution in [0, 0.1) is 0 Å². The van der Waals surface area contributed by atoms with Gasteiger partial charge in [0.2, 0.25) is 0 Å². The highest BCUT2D eigenvalue weighted by molar-refractivity contribution is 5.83. The summed E-state index contributed by atoms with van der Waals surface area (Å²) in [4.78, 5) is 11.1. The zero-order chi connectivity index (χ0) is 17.7. The van der Waals surface area contributed by atoms with Crippen LogP contribution in [0.5, 0.6) is 0 Å². The molecule has 0 N–H and O–H groups in total. The molecule has 23 heavy (non-hydrogen) atoms. The van der Waals surface area contributed by atoms with E-state index in [1.54, 1.807) is 0 Å². The van der Waals surface area contributed by atoms with E-state index < -0.39 is 0 Å². The second kappa shape index (κ2) is 12.7. The number of hydrogen-bond donors (Lipinski definition) is 0. The van der Waals surface area contributed by atoms with E-state index in [4.69, 9.17) is 0 Å². The molecule has 0 atom stereocenters. The van der Waals surface area contributed by atoms with Crippen molar-refractivity contribution in [3.8, 4) is 0 Å². The molecule has 0 saturated heterocycles. The van der Waals surface area contributed by atoms with Crippen molar-refractivity contribution in [2.24, 2.45) is 0 Å². The van der Waals surface area contributed by atoms with Crippen LogP contribution < -0.4 is 0 Å². The fraction of sp³-hybridized carbons (Fsp3) is 0.476. The Kier molecular flexibility index (Phi) is 11.7. The molecule has 0 aromatic rings. The van der Waals surface area contributed by atoms with E-state index in [-0.39, 0.29) is 5.97 Å². The van der Waals surface area contributed by atoms with Crippen LogP contribution >= 0.6 is 0 Å². The molecule has 0 bridgehead atoms. The largest absolute Gasteiger partial charge is 0.466 e. The van der Waals surface area contributed by atoms with Crippen molar-refractivity contribution >= 4 is 5.97 Å². The SMILES string of the molecule is COC(=O)/C=C(C)/C=C/C=C(\C)CC/C=C(\C)CCC=C(C)C. The second-order valence-electron chi connectivity index (χ2n) is 6.19. The van der Waals surface area contributed by atoms with Gasteiger partial charge in [-0.15, -0.1) is 0 Å². The molecule has 128 valence electrons. The molecule has 0 heterocycles. The van der Waals surface area contributed by atoms with Crippen molar-refractivity contribution in [1.82, 2.24) is 0 Å². The Bertz CT molecular complexity index is 510. The minimum Gasteiger partial charge on any atom is -0.466 e. The number of hydrogen-bond acceptors (Lipinski definition) is 2. The van der Waals surface area contributed by atoms with Gasteiger partial charge >= 0.3 is 5.97 Å². The topological polar surface area (TPSA) is 26.3 Å². The maximum atomic E-state index is 11.1. The summed E-state index contributed by atoms with van der Waals surface area (Å²) in [5.41, 5.74) is 5.07. The monoisotopic (exact) mass is 316 g/mol. The first-order chi connectivity index (χ1) is 10.8. The molecule has 0 aliphatic carbocycles. The molecule has 0 saturated carbocycles. The van der Waals surface area contributed by atoms with E-state index >= 15 is 0 Å². The quantitative estimate of drug-likeness (QED) is 0.223. The predicted molar refractivity (Wildman–Crippen MR) is 100 cm³/mol. The smallest absolute Gasteiger partial charge is 0.330 e. The Hall–Kier alpha value is -1.83. The summed E-state index contributed by atoms with van der Waals surface area (Å²) in [5, 5.41) is 0. The molecule has 0 aliphatic rings. The summed E-state index contributed by atoms with van der Waals surface area (Å²) in [5.74, 6) is -0.318. The first-order valence-corrected chi connectivity index (χ1v) is 8.24. The fourth-order valence-electron chi connectivity index (χ4n) is 1.98. The molecule has 2 nitrogen and oxygen atoms in total. The lowest BCUT2D eigenvalue weighted by molar-refractivity contribution is -0.134. The minimum absolute atomic E-state index is 0.318. The van der Waals surface area contributed by atoms with Crippen LogP contribution in [-0.2, 0) is 9.53 Å². The summed E-state index contributed by atoms with van der Waals surface area (Å²) < 4.78 is 4.59. The number of ether oxygens (including phenoxy) is 1. The zero-order valence-electron chi connectivity index (χ0n) is 15.6. The van der Waals surface area contributed by atoms with Gasteiger partial charge in [0.25, 0.3) is 0 Å². The zero-order valence-corrected chi connectivity index (χ0v) is 15.6. The lowest BCUT2D eigenvalue weighted by Gasteiger charge is -2.00. The van der Waals surface area contributed by atoms with Gasteiger partial charge in [-0.3, -0.25) is 0 Å². The lowest BCUT2D eigenvalue weighted by Crippen LogP contribution is -1.94. The number of carbonyl (C=O) groups excluding carboxylic acids is 1. The van der Waals surface area contributed by atoms with Crippen molar-refractivity contribution in [1.29, 1.82) is 0 Å². The summed E-state index contributed by atoms with van der Waals surface area (Å²) in [6.45, 7) is 10.5. The fourth-order valence-corrected chi connectivity index (χ4v) is 1.98. The first-order valence-electron chi connectivity index (χ1n) is 8.24. The van der Waals surface area contributed by atoms with Gasteiger partial charge in [0.15, 0.2) is 0 Å². The average Bonchev–Trinajstić information content (AvgIpc) is 2.46. The molecular weight excluding hydrogens is 284 g/mol. The van der Waals surface area contributed by atoms with Crippen LogP contribution in [0.2, 0.25) is 0 Å². The summed E-state index contributed by atoms with van der Waals surface area (Å²) in [6, 6.07) is 0. The molecule has 0 aromatic heterocycles. The molecule has 0 unspecified atom stereocenters. The number of carbonyl (C=O) groups is 1. The molecule has 0 aromatic carbocycles. The normalized spacial score (nSPS) is 13.4. The Morgan fingerprint density at radius 2 is 1.52 bits per heavy atom. The van der Waals surface area contributed by atoms with Gasteiger partial charge in [-0.05, 0) is 65.9 Å². The van der Waals surface area contributed by atoms with E-state index in [1.165, 1.54) is 29.9 Å². The molecule has 0 aliphatic heterocycles. The van der Waals surface area contributed by atoms with E-state index in [1.807, 2.05) is 19.1 Å². The number of rotatable bonds is 9. The number of esters is 1. The molecule has 0 amide bonds. The van der Waals surface area contributed by atoms with E-state index in [9.17, 15) is 4.79 Å². The van der Waals surface area contributed by atoms with Crippen molar-refractivity contribution in [3.63, 3.8) is 0 Å². The standard InChI is InChI=1S/C21H32O2/c1-17(2)10-7-11-18(3)12-8-13-19(4)14-9-15-20(5)16-21(22)23-6/h9-10,12,14-16H,7-8,11,13H2,1-6H3/b15-9+,18-12+,19-14+,20-16+. The van der Waals surface area contributed by atoms with E-state index in [2.05, 4.69) is 50.7 Å². The van der Waals surface area contributed by atoms with Gasteiger partial charge in [0.05, 0.1) is 7.11 Å². The molecule has 0 spiro atoms. The summed E-state index contributed by atoms with van der Waals surface area (Å²) in [7, 11) is 1.38. The van der Waals surface area contributed by atoms with Crippen LogP contribution in [0.3, 0.4) is 0 Å². The molecule has 0 fully saturated rings. The highest BCUT2D eigenvalue weighted by atomic mass is 16.5. The van der Waals surface area contributed by atoms with Crippen molar-refractivity contribution < 1.29 is 9.53 Å². The van der Waals surface area contributed by atoms with Crippen LogP contribution in [0.25, 0.3) is 0 Å². The van der Waals surface area contributed by atoms with Gasteiger partial charge in [-0.25, -0.2) is 4.79 Å². The predicted octanol–water partition coefficient (Wildman–Crippen LogP) is 6.08. The first kappa shape index (κ1) is 21.2. The molecule has 0 rings (SSSR count). The van der Waals surface area contributed by atoms with Crippen LogP contribution in [-0.4, -0.2) is 13.1 Å². The van der Waals surface area contributed by atoms with Crippen molar-refractivity contribution in [3.05, 3.63) is 58.7 Å². The summed E-state index contributed by atoms with van der Waals surface area (Å²) >= 11 is 0. The average molecular weight is 316 g/mol. The van der Waals surface area contributed by atoms with Gasteiger partial charge in [0, 0.05) is 6.08 Å². The summed E-state index contributed by atoms with van der Waals surface area (Å²) in [6.07, 6.45) is 16.5. The van der Waals surface area contributed by atoms with Crippen molar-refractivity contribution in [2.75, 3.05) is 7.11 Å². The van der Waals surface area contributed by atoms with Gasteiger partial charge in [-0.2, -0.15) is 0 Å². The van der Waals surface area contributed by atoms with Gasteiger partial charge < -0.3 is 4.74 Å². The maximum absolute atomic E-state index is 11.1. The van der Waals surface area contributed by atoms with Gasteiger partial charge in [0.1, 0.15) is 0 Å². The van der Waals surface area contributed by atoms with Crippen LogP contribution in [0.4, 0.5) is 0 Å². The Labute approximate surface area is 142 Å². The molecule has 0 radical (unpaired) electrons. The lowest BCUT2D eigenvalue weighted by atomic mass is 10.1. The molecular formula is C21H32O2. The second-order valence-corrected chi connectivity index (χ2v) is 6.19. The van der Waals surface area contributed by atoms with E-state index in [0.717, 1.165) is 31.3 Å². The highest BCUT2D eigenvalue weighted by Gasteiger charge is 1.93. The highest BCUT2D eigenvalue weighted by Crippen LogP contribution is 2.11. The maximum Gasteiger partial charge on any atom is 0.330 e. The Balaban J connectivity index is 4.23. The number of methoxy groups -OCH3 is 1. The third kappa shape index (κ3) is 13.5. The van der Waals surface area contributed by atoms with Gasteiger partial charge in [-0.1, -0.05) is 47.1 Å². The Morgan fingerprint density at radius 3 is 2.13 bits per heavy atom.